The highest BCUT2D eigenvalue weighted by Crippen LogP contribution is 2.44. The van der Waals surface area contributed by atoms with E-state index in [2.05, 4.69) is 33.3 Å². The lowest BCUT2D eigenvalue weighted by Gasteiger charge is -2.33. The molecule has 2 fully saturated rings. The molecule has 3 aromatic heterocycles. The molecule has 1 aliphatic heterocycles. The third-order valence-electron chi connectivity index (χ3n) is 7.19. The Kier molecular flexibility index (Phi) is 4.98. The average Bonchev–Trinajstić information content (AvgIpc) is 3.42. The molecular formula is C23H29N5OS2. The normalized spacial score (nSPS) is 24.1. The van der Waals surface area contributed by atoms with Crippen molar-refractivity contribution < 1.29 is 4.79 Å². The maximum atomic E-state index is 12.9. The van der Waals surface area contributed by atoms with Crippen molar-refractivity contribution in [3.63, 3.8) is 0 Å². The van der Waals surface area contributed by atoms with Crippen LogP contribution >= 0.6 is 23.1 Å². The first kappa shape index (κ1) is 20.0. The second-order valence-electron chi connectivity index (χ2n) is 9.64. The SMILES string of the molecule is C[C@@H]1CCc2c(sc3nc(C4CC4)n4c(SCC(=O)N5CCCC[C@@H]5C)nnc4c23)C1. The second kappa shape index (κ2) is 7.73. The first-order valence-electron chi connectivity index (χ1n) is 11.7. The minimum absolute atomic E-state index is 0.220. The fraction of sp³-hybridized carbons (Fsp3) is 0.652. The van der Waals surface area contributed by atoms with Gasteiger partial charge in [0.2, 0.25) is 5.91 Å². The lowest BCUT2D eigenvalue weighted by atomic mass is 9.89. The molecule has 2 aliphatic carbocycles. The number of rotatable bonds is 4. The van der Waals surface area contributed by atoms with Crippen LogP contribution in [0.2, 0.25) is 0 Å². The van der Waals surface area contributed by atoms with Gasteiger partial charge in [0.25, 0.3) is 0 Å². The topological polar surface area (TPSA) is 63.4 Å². The number of hydrogen-bond acceptors (Lipinski definition) is 6. The Balaban J connectivity index is 1.37. The minimum Gasteiger partial charge on any atom is -0.339 e. The molecule has 0 spiro atoms. The van der Waals surface area contributed by atoms with Crippen LogP contribution in [0.15, 0.2) is 5.16 Å². The first-order valence-corrected chi connectivity index (χ1v) is 13.5. The minimum atomic E-state index is 0.220. The number of carbonyl (C=O) groups excluding carboxylic acids is 1. The van der Waals surface area contributed by atoms with Crippen LogP contribution in [0.1, 0.15) is 74.6 Å². The number of nitrogens with zero attached hydrogens (tertiary/aromatic N) is 5. The number of thioether (sulfide) groups is 1. The van der Waals surface area contributed by atoms with E-state index in [1.807, 2.05) is 11.3 Å². The maximum absolute atomic E-state index is 12.9. The van der Waals surface area contributed by atoms with Gasteiger partial charge >= 0.3 is 0 Å². The number of piperidine rings is 1. The molecule has 6 rings (SSSR count). The number of fused-ring (bicyclic) bond motifs is 5. The van der Waals surface area contributed by atoms with Crippen molar-refractivity contribution in [2.75, 3.05) is 12.3 Å². The van der Waals surface area contributed by atoms with Crippen LogP contribution in [0, 0.1) is 5.92 Å². The van der Waals surface area contributed by atoms with Gasteiger partial charge in [-0.3, -0.25) is 9.20 Å². The molecule has 31 heavy (non-hydrogen) atoms. The molecule has 1 saturated carbocycles. The van der Waals surface area contributed by atoms with Crippen LogP contribution in [0.5, 0.6) is 0 Å². The number of carbonyl (C=O) groups is 1. The van der Waals surface area contributed by atoms with E-state index in [1.165, 1.54) is 53.3 Å². The molecule has 4 heterocycles. The average molecular weight is 456 g/mol. The summed E-state index contributed by atoms with van der Waals surface area (Å²) in [5.41, 5.74) is 2.40. The van der Waals surface area contributed by atoms with Gasteiger partial charge in [-0.05, 0) is 69.8 Å². The van der Waals surface area contributed by atoms with Gasteiger partial charge in [-0.1, -0.05) is 18.7 Å². The van der Waals surface area contributed by atoms with Crippen molar-refractivity contribution in [1.82, 2.24) is 24.5 Å². The van der Waals surface area contributed by atoms with E-state index in [0.717, 1.165) is 59.6 Å². The molecule has 0 unspecified atom stereocenters. The summed E-state index contributed by atoms with van der Waals surface area (Å²) in [5.74, 6) is 2.98. The summed E-state index contributed by atoms with van der Waals surface area (Å²) in [6.45, 7) is 5.40. The van der Waals surface area contributed by atoms with Gasteiger partial charge in [0.1, 0.15) is 10.7 Å². The molecule has 164 valence electrons. The number of amides is 1. The summed E-state index contributed by atoms with van der Waals surface area (Å²) in [4.78, 5) is 22.7. The number of aromatic nitrogens is 4. The van der Waals surface area contributed by atoms with Gasteiger partial charge in [-0.25, -0.2) is 4.98 Å². The predicted octanol–water partition coefficient (Wildman–Crippen LogP) is 4.83. The highest BCUT2D eigenvalue weighted by atomic mass is 32.2. The first-order chi connectivity index (χ1) is 15.1. The van der Waals surface area contributed by atoms with Gasteiger partial charge in [-0.15, -0.1) is 21.5 Å². The van der Waals surface area contributed by atoms with E-state index in [-0.39, 0.29) is 5.91 Å². The number of thiophene rings is 1. The molecule has 6 nitrogen and oxygen atoms in total. The Bertz CT molecular complexity index is 1160. The van der Waals surface area contributed by atoms with E-state index < -0.39 is 0 Å². The van der Waals surface area contributed by atoms with Crippen molar-refractivity contribution in [3.8, 4) is 0 Å². The van der Waals surface area contributed by atoms with Crippen molar-refractivity contribution in [1.29, 1.82) is 0 Å². The fourth-order valence-corrected chi connectivity index (χ4v) is 7.44. The third kappa shape index (κ3) is 3.46. The quantitative estimate of drug-likeness (QED) is 0.527. The zero-order chi connectivity index (χ0) is 21.1. The van der Waals surface area contributed by atoms with E-state index in [0.29, 0.717) is 17.7 Å². The largest absolute Gasteiger partial charge is 0.339 e. The Hall–Kier alpha value is -1.67. The van der Waals surface area contributed by atoms with Crippen molar-refractivity contribution in [2.45, 2.75) is 82.3 Å². The summed E-state index contributed by atoms with van der Waals surface area (Å²) in [5, 5.41) is 11.3. The molecule has 0 N–H and O–H groups in total. The summed E-state index contributed by atoms with van der Waals surface area (Å²) < 4.78 is 2.18. The van der Waals surface area contributed by atoms with Crippen LogP contribution < -0.4 is 0 Å². The highest BCUT2D eigenvalue weighted by Gasteiger charge is 2.33. The van der Waals surface area contributed by atoms with Gasteiger partial charge < -0.3 is 4.90 Å². The standard InChI is InChI=1S/C23H29N5OS2/c1-13-6-9-16-17(11-13)31-22-19(16)21-25-26-23(28(21)20(24-22)15-7-8-15)30-12-18(29)27-10-4-3-5-14(27)2/h13-15H,3-12H2,1-2H3/t13-,14+/m1/s1. The monoisotopic (exact) mass is 455 g/mol. The number of likely N-dealkylation sites (tertiary alicyclic amines) is 1. The van der Waals surface area contributed by atoms with Crippen LogP contribution in [0.4, 0.5) is 0 Å². The van der Waals surface area contributed by atoms with E-state index >= 15 is 0 Å². The molecule has 0 aromatic carbocycles. The molecule has 8 heteroatoms. The third-order valence-corrected chi connectivity index (χ3v) is 9.25. The van der Waals surface area contributed by atoms with Gasteiger partial charge in [-0.2, -0.15) is 0 Å². The summed E-state index contributed by atoms with van der Waals surface area (Å²) >= 11 is 3.39. The molecule has 0 radical (unpaired) electrons. The van der Waals surface area contributed by atoms with Gasteiger partial charge in [0.05, 0.1) is 11.1 Å². The molecule has 0 bridgehead atoms. The Morgan fingerprint density at radius 2 is 2.03 bits per heavy atom. The lowest BCUT2D eigenvalue weighted by molar-refractivity contribution is -0.131. The lowest BCUT2D eigenvalue weighted by Crippen LogP contribution is -2.42. The summed E-state index contributed by atoms with van der Waals surface area (Å²) in [6, 6.07) is 0.347. The van der Waals surface area contributed by atoms with Crippen LogP contribution in [0.25, 0.3) is 15.9 Å². The number of aryl methyl sites for hydroxylation is 1. The van der Waals surface area contributed by atoms with Crippen LogP contribution in [0.3, 0.4) is 0 Å². The zero-order valence-electron chi connectivity index (χ0n) is 18.3. The smallest absolute Gasteiger partial charge is 0.233 e. The number of hydrogen-bond donors (Lipinski definition) is 0. The molecule has 3 aromatic rings. The van der Waals surface area contributed by atoms with E-state index in [4.69, 9.17) is 4.98 Å². The molecule has 2 atom stereocenters. The van der Waals surface area contributed by atoms with Gasteiger partial charge in [0.15, 0.2) is 10.8 Å². The molecule has 1 amide bonds. The van der Waals surface area contributed by atoms with Crippen molar-refractivity contribution in [2.24, 2.45) is 5.92 Å². The zero-order valence-corrected chi connectivity index (χ0v) is 19.9. The Morgan fingerprint density at radius 3 is 2.84 bits per heavy atom. The van der Waals surface area contributed by atoms with Crippen molar-refractivity contribution in [3.05, 3.63) is 16.3 Å². The Morgan fingerprint density at radius 1 is 1.16 bits per heavy atom. The molecule has 3 aliphatic rings. The highest BCUT2D eigenvalue weighted by molar-refractivity contribution is 7.99. The fourth-order valence-electron chi connectivity index (χ4n) is 5.22. The maximum Gasteiger partial charge on any atom is 0.233 e. The van der Waals surface area contributed by atoms with Gasteiger partial charge in [0, 0.05) is 23.4 Å². The summed E-state index contributed by atoms with van der Waals surface area (Å²) in [6.07, 6.45) is 9.31. The second-order valence-corrected chi connectivity index (χ2v) is 11.7. The van der Waals surface area contributed by atoms with Crippen molar-refractivity contribution >= 4 is 44.9 Å². The molecular weight excluding hydrogens is 426 g/mol. The predicted molar refractivity (Wildman–Crippen MR) is 125 cm³/mol. The molecule has 1 saturated heterocycles. The van der Waals surface area contributed by atoms with Crippen LogP contribution in [-0.4, -0.2) is 48.7 Å². The summed E-state index contributed by atoms with van der Waals surface area (Å²) in [7, 11) is 0. The van der Waals surface area contributed by atoms with E-state index in [9.17, 15) is 4.79 Å². The Labute approximate surface area is 190 Å². The van der Waals surface area contributed by atoms with E-state index in [1.54, 1.807) is 0 Å². The van der Waals surface area contributed by atoms with Crippen LogP contribution in [-0.2, 0) is 17.6 Å².